The van der Waals surface area contributed by atoms with E-state index in [9.17, 15) is 9.90 Å². The second-order valence-electron chi connectivity index (χ2n) is 4.18. The summed E-state index contributed by atoms with van der Waals surface area (Å²) in [4.78, 5) is 18.6. The van der Waals surface area contributed by atoms with E-state index in [-0.39, 0.29) is 5.69 Å². The number of rotatable bonds is 2. The lowest BCUT2D eigenvalue weighted by atomic mass is 10.1. The van der Waals surface area contributed by atoms with E-state index in [4.69, 9.17) is 11.6 Å². The van der Waals surface area contributed by atoms with E-state index < -0.39 is 5.97 Å². The summed E-state index contributed by atoms with van der Waals surface area (Å²) in [5, 5.41) is 10.6. The van der Waals surface area contributed by atoms with Crippen molar-refractivity contribution in [2.75, 3.05) is 0 Å². The Morgan fingerprint density at radius 3 is 2.75 bits per heavy atom. The molecule has 0 saturated heterocycles. The number of hydrogen-bond acceptors (Lipinski definition) is 2. The van der Waals surface area contributed by atoms with Gasteiger partial charge in [-0.3, -0.25) is 4.98 Å². The number of aromatic carboxylic acids is 1. The van der Waals surface area contributed by atoms with Crippen molar-refractivity contribution >= 4 is 44.4 Å². The number of carbonyl (C=O) groups is 1. The predicted molar refractivity (Wildman–Crippen MR) is 81.2 cm³/mol. The molecule has 0 spiro atoms. The van der Waals surface area contributed by atoms with E-state index in [1.807, 2.05) is 6.07 Å². The van der Waals surface area contributed by atoms with Crippen molar-refractivity contribution in [3.8, 4) is 11.3 Å². The maximum atomic E-state index is 11.5. The highest BCUT2D eigenvalue weighted by Crippen LogP contribution is 2.39. The standard InChI is InChI=1S/C14H8BrClN2O2/c15-12-7(16)4-5-9-10(12)11(13(18-9)14(19)20)8-3-1-2-6-17-8/h1-6,18H,(H,19,20). The Morgan fingerprint density at radius 2 is 2.10 bits per heavy atom. The van der Waals surface area contributed by atoms with Crippen LogP contribution in [0.3, 0.4) is 0 Å². The van der Waals surface area contributed by atoms with Gasteiger partial charge in [0.15, 0.2) is 0 Å². The summed E-state index contributed by atoms with van der Waals surface area (Å²) < 4.78 is 0.654. The average Bonchev–Trinajstić information content (AvgIpc) is 2.84. The molecule has 100 valence electrons. The lowest BCUT2D eigenvalue weighted by Gasteiger charge is -2.03. The van der Waals surface area contributed by atoms with Gasteiger partial charge in [0.25, 0.3) is 0 Å². The number of nitrogens with zero attached hydrogens (tertiary/aromatic N) is 1. The van der Waals surface area contributed by atoms with Gasteiger partial charge in [0.1, 0.15) is 5.69 Å². The van der Waals surface area contributed by atoms with Gasteiger partial charge in [0, 0.05) is 27.1 Å². The molecule has 3 rings (SSSR count). The Hall–Kier alpha value is -1.85. The van der Waals surface area contributed by atoms with Crippen molar-refractivity contribution < 1.29 is 9.90 Å². The molecule has 2 aromatic heterocycles. The number of carboxylic acids is 1. The van der Waals surface area contributed by atoms with E-state index in [1.165, 1.54) is 0 Å². The van der Waals surface area contributed by atoms with Crippen molar-refractivity contribution in [2.24, 2.45) is 0 Å². The van der Waals surface area contributed by atoms with Gasteiger partial charge in [-0.05, 0) is 40.2 Å². The molecule has 0 aliphatic rings. The largest absolute Gasteiger partial charge is 0.477 e. The lowest BCUT2D eigenvalue weighted by molar-refractivity contribution is 0.0692. The molecule has 0 aliphatic carbocycles. The minimum Gasteiger partial charge on any atom is -0.477 e. The Balaban J connectivity index is 2.46. The molecule has 20 heavy (non-hydrogen) atoms. The minimum absolute atomic E-state index is 0.0988. The molecule has 0 bridgehead atoms. The van der Waals surface area contributed by atoms with Gasteiger partial charge in [-0.25, -0.2) is 4.79 Å². The second-order valence-corrected chi connectivity index (χ2v) is 5.38. The molecule has 2 heterocycles. The van der Waals surface area contributed by atoms with Crippen LogP contribution in [0.2, 0.25) is 5.02 Å². The normalized spacial score (nSPS) is 10.9. The fourth-order valence-corrected chi connectivity index (χ4v) is 2.85. The van der Waals surface area contributed by atoms with Crippen LogP contribution in [0.1, 0.15) is 10.5 Å². The SMILES string of the molecule is O=C(O)c1[nH]c2ccc(Cl)c(Br)c2c1-c1ccccn1. The number of halogens is 2. The molecule has 2 N–H and O–H groups in total. The van der Waals surface area contributed by atoms with Crippen LogP contribution in [0.5, 0.6) is 0 Å². The first kappa shape index (κ1) is 13.1. The number of H-pyrrole nitrogens is 1. The third kappa shape index (κ3) is 1.99. The van der Waals surface area contributed by atoms with Crippen LogP contribution in [-0.4, -0.2) is 21.0 Å². The fraction of sp³-hybridized carbons (Fsp3) is 0. The third-order valence-electron chi connectivity index (χ3n) is 2.99. The number of pyridine rings is 1. The minimum atomic E-state index is -1.04. The van der Waals surface area contributed by atoms with Gasteiger partial charge in [-0.1, -0.05) is 17.7 Å². The smallest absolute Gasteiger partial charge is 0.353 e. The molecule has 0 saturated carbocycles. The van der Waals surface area contributed by atoms with Crippen molar-refractivity contribution in [2.45, 2.75) is 0 Å². The topological polar surface area (TPSA) is 66.0 Å². The highest BCUT2D eigenvalue weighted by Gasteiger charge is 2.21. The van der Waals surface area contributed by atoms with Crippen LogP contribution in [0, 0.1) is 0 Å². The summed E-state index contributed by atoms with van der Waals surface area (Å²) >= 11 is 9.53. The zero-order valence-corrected chi connectivity index (χ0v) is 12.4. The Morgan fingerprint density at radius 1 is 1.30 bits per heavy atom. The molecule has 0 radical (unpaired) electrons. The van der Waals surface area contributed by atoms with Crippen LogP contribution in [0.15, 0.2) is 41.0 Å². The van der Waals surface area contributed by atoms with Gasteiger partial charge in [-0.15, -0.1) is 0 Å². The average molecular weight is 352 g/mol. The number of fused-ring (bicyclic) bond motifs is 1. The summed E-state index contributed by atoms with van der Waals surface area (Å²) in [5.41, 5.74) is 1.91. The Bertz CT molecular complexity index is 815. The first-order valence-corrected chi connectivity index (χ1v) is 6.91. The summed E-state index contributed by atoms with van der Waals surface area (Å²) in [6, 6.07) is 8.81. The van der Waals surface area contributed by atoms with Crippen molar-refractivity contribution in [3.63, 3.8) is 0 Å². The Kier molecular flexibility index (Phi) is 3.23. The molecule has 0 fully saturated rings. The lowest BCUT2D eigenvalue weighted by Crippen LogP contribution is -1.99. The van der Waals surface area contributed by atoms with Gasteiger partial charge in [0.05, 0.1) is 10.7 Å². The number of benzene rings is 1. The Labute approximate surface area is 127 Å². The first-order valence-electron chi connectivity index (χ1n) is 5.74. The summed E-state index contributed by atoms with van der Waals surface area (Å²) in [6.45, 7) is 0. The summed E-state index contributed by atoms with van der Waals surface area (Å²) in [7, 11) is 0. The number of aromatic nitrogens is 2. The highest BCUT2D eigenvalue weighted by molar-refractivity contribution is 9.10. The van der Waals surface area contributed by atoms with Crippen LogP contribution < -0.4 is 0 Å². The molecule has 0 unspecified atom stereocenters. The fourth-order valence-electron chi connectivity index (χ4n) is 2.15. The molecule has 6 heteroatoms. The molecule has 1 aromatic carbocycles. The van der Waals surface area contributed by atoms with E-state index in [2.05, 4.69) is 25.9 Å². The summed E-state index contributed by atoms with van der Waals surface area (Å²) in [6.07, 6.45) is 1.62. The predicted octanol–water partition coefficient (Wildman–Crippen LogP) is 4.34. The molecular weight excluding hydrogens is 344 g/mol. The van der Waals surface area contributed by atoms with E-state index >= 15 is 0 Å². The molecule has 3 aromatic rings. The van der Waals surface area contributed by atoms with Gasteiger partial charge >= 0.3 is 5.97 Å². The van der Waals surface area contributed by atoms with E-state index in [1.54, 1.807) is 30.5 Å². The number of aromatic amines is 1. The van der Waals surface area contributed by atoms with Crippen molar-refractivity contribution in [3.05, 3.63) is 51.7 Å². The van der Waals surface area contributed by atoms with Gasteiger partial charge in [-0.2, -0.15) is 0 Å². The number of hydrogen-bond donors (Lipinski definition) is 2. The van der Waals surface area contributed by atoms with Gasteiger partial charge in [0.2, 0.25) is 0 Å². The molecule has 0 amide bonds. The van der Waals surface area contributed by atoms with Crippen molar-refractivity contribution in [1.29, 1.82) is 0 Å². The number of nitrogens with one attached hydrogen (secondary N) is 1. The molecule has 0 atom stereocenters. The maximum Gasteiger partial charge on any atom is 0.353 e. The quantitative estimate of drug-likeness (QED) is 0.721. The second kappa shape index (κ2) is 4.92. The monoisotopic (exact) mass is 350 g/mol. The summed E-state index contributed by atoms with van der Waals surface area (Å²) in [5.74, 6) is -1.04. The van der Waals surface area contributed by atoms with Crippen LogP contribution >= 0.6 is 27.5 Å². The molecule has 4 nitrogen and oxygen atoms in total. The van der Waals surface area contributed by atoms with E-state index in [0.29, 0.717) is 31.7 Å². The number of carboxylic acid groups (broad SMARTS) is 1. The van der Waals surface area contributed by atoms with Crippen LogP contribution in [-0.2, 0) is 0 Å². The van der Waals surface area contributed by atoms with Crippen LogP contribution in [0.25, 0.3) is 22.2 Å². The zero-order chi connectivity index (χ0) is 14.3. The molecular formula is C14H8BrClN2O2. The first-order chi connectivity index (χ1) is 9.59. The highest BCUT2D eigenvalue weighted by atomic mass is 79.9. The zero-order valence-electron chi connectivity index (χ0n) is 10.0. The van der Waals surface area contributed by atoms with Crippen molar-refractivity contribution in [1.82, 2.24) is 9.97 Å². The van der Waals surface area contributed by atoms with E-state index in [0.717, 1.165) is 0 Å². The van der Waals surface area contributed by atoms with Gasteiger partial charge < -0.3 is 10.1 Å². The molecule has 0 aliphatic heterocycles. The third-order valence-corrected chi connectivity index (χ3v) is 4.36. The van der Waals surface area contributed by atoms with Crippen LogP contribution in [0.4, 0.5) is 0 Å². The maximum absolute atomic E-state index is 11.5.